The molecule has 0 aliphatic heterocycles. The zero-order valence-electron chi connectivity index (χ0n) is 7.39. The summed E-state index contributed by atoms with van der Waals surface area (Å²) in [5.74, 6) is -0.778. The van der Waals surface area contributed by atoms with Gasteiger partial charge in [0, 0.05) is 13.5 Å². The van der Waals surface area contributed by atoms with Crippen molar-refractivity contribution in [1.29, 1.82) is 0 Å². The first-order valence-electron chi connectivity index (χ1n) is 3.81. The van der Waals surface area contributed by atoms with Gasteiger partial charge in [0.05, 0.1) is 5.69 Å². The largest absolute Gasteiger partial charge is 0.293 e. The molecule has 0 atom stereocenters. The maximum Gasteiger partial charge on any atom is 0.180 e. The summed E-state index contributed by atoms with van der Waals surface area (Å²) in [6.07, 6.45) is 0. The number of nitrogens with zero attached hydrogens (tertiary/aromatic N) is 2. The summed E-state index contributed by atoms with van der Waals surface area (Å²) < 4.78 is 14.5. The van der Waals surface area contributed by atoms with Gasteiger partial charge >= 0.3 is 0 Å². The van der Waals surface area contributed by atoms with Crippen LogP contribution in [0, 0.1) is 12.7 Å². The fraction of sp³-hybridized carbons (Fsp3) is 0.500. The van der Waals surface area contributed by atoms with E-state index in [1.165, 1.54) is 11.6 Å². The summed E-state index contributed by atoms with van der Waals surface area (Å²) >= 11 is 0. The number of halogens is 1. The molecular formula is C8H11FN2O. The molecule has 0 radical (unpaired) electrons. The van der Waals surface area contributed by atoms with Crippen LogP contribution in [0.5, 0.6) is 0 Å². The molecule has 0 amide bonds. The average molecular weight is 170 g/mol. The number of rotatable bonds is 2. The van der Waals surface area contributed by atoms with Gasteiger partial charge in [0.25, 0.3) is 0 Å². The molecule has 0 saturated carbocycles. The smallest absolute Gasteiger partial charge is 0.180 e. The Hall–Kier alpha value is -1.19. The molecule has 0 saturated heterocycles. The highest BCUT2D eigenvalue weighted by molar-refractivity contribution is 5.92. The Labute approximate surface area is 70.2 Å². The van der Waals surface area contributed by atoms with Gasteiger partial charge in [-0.15, -0.1) is 0 Å². The molecule has 0 aliphatic rings. The van der Waals surface area contributed by atoms with E-state index in [0.717, 1.165) is 0 Å². The lowest BCUT2D eigenvalue weighted by atomic mass is 10.3. The normalized spacial score (nSPS) is 10.3. The molecule has 66 valence electrons. The number of hydrogen-bond donors (Lipinski definition) is 0. The molecule has 1 aromatic heterocycles. The van der Waals surface area contributed by atoms with Crippen LogP contribution in [-0.4, -0.2) is 15.6 Å². The van der Waals surface area contributed by atoms with E-state index in [0.29, 0.717) is 6.54 Å². The molecule has 0 N–H and O–H groups in total. The lowest BCUT2D eigenvalue weighted by Gasteiger charge is -1.98. The minimum absolute atomic E-state index is 0.0787. The van der Waals surface area contributed by atoms with E-state index >= 15 is 0 Å². The zero-order valence-corrected chi connectivity index (χ0v) is 7.39. The van der Waals surface area contributed by atoms with Gasteiger partial charge in [0.1, 0.15) is 5.69 Å². The molecule has 1 rings (SSSR count). The molecule has 12 heavy (non-hydrogen) atoms. The zero-order chi connectivity index (χ0) is 9.30. The Morgan fingerprint density at radius 2 is 2.25 bits per heavy atom. The van der Waals surface area contributed by atoms with Crippen LogP contribution >= 0.6 is 0 Å². The highest BCUT2D eigenvalue weighted by Crippen LogP contribution is 2.11. The Kier molecular flexibility index (Phi) is 2.26. The van der Waals surface area contributed by atoms with E-state index in [9.17, 15) is 9.18 Å². The summed E-state index contributed by atoms with van der Waals surface area (Å²) in [7, 11) is 0. The topological polar surface area (TPSA) is 34.9 Å². The molecule has 3 nitrogen and oxygen atoms in total. The number of ketones is 1. The van der Waals surface area contributed by atoms with E-state index < -0.39 is 5.82 Å². The van der Waals surface area contributed by atoms with Gasteiger partial charge in [0.2, 0.25) is 0 Å². The molecule has 0 unspecified atom stereocenters. The predicted octanol–water partition coefficient (Wildman–Crippen LogP) is 1.55. The van der Waals surface area contributed by atoms with Crippen molar-refractivity contribution in [3.8, 4) is 0 Å². The minimum Gasteiger partial charge on any atom is -0.293 e. The van der Waals surface area contributed by atoms with Crippen molar-refractivity contribution in [2.45, 2.75) is 27.3 Å². The van der Waals surface area contributed by atoms with Gasteiger partial charge in [-0.25, -0.2) is 4.39 Å². The number of aromatic nitrogens is 2. The Balaban J connectivity index is 3.31. The maximum atomic E-state index is 13.2. The van der Waals surface area contributed by atoms with Crippen molar-refractivity contribution in [3.63, 3.8) is 0 Å². The molecule has 0 bridgehead atoms. The second kappa shape index (κ2) is 3.05. The molecule has 0 aliphatic carbocycles. The highest BCUT2D eigenvalue weighted by atomic mass is 19.1. The summed E-state index contributed by atoms with van der Waals surface area (Å²) in [4.78, 5) is 11.0. The molecular weight excluding hydrogens is 159 g/mol. The second-order valence-electron chi connectivity index (χ2n) is 2.62. The van der Waals surface area contributed by atoms with Crippen molar-refractivity contribution in [2.24, 2.45) is 0 Å². The van der Waals surface area contributed by atoms with Crippen molar-refractivity contribution in [1.82, 2.24) is 9.78 Å². The van der Waals surface area contributed by atoms with Crippen LogP contribution in [0.2, 0.25) is 0 Å². The number of carbonyl (C=O) groups is 1. The summed E-state index contributed by atoms with van der Waals surface area (Å²) in [6, 6.07) is 0. The van der Waals surface area contributed by atoms with Gasteiger partial charge in [0.15, 0.2) is 11.6 Å². The number of hydrogen-bond acceptors (Lipinski definition) is 2. The van der Waals surface area contributed by atoms with Gasteiger partial charge in [-0.1, -0.05) is 0 Å². The number of aryl methyl sites for hydroxylation is 2. The van der Waals surface area contributed by atoms with Crippen LogP contribution in [0.3, 0.4) is 0 Å². The summed E-state index contributed by atoms with van der Waals surface area (Å²) in [5.41, 5.74) is 0.358. The monoisotopic (exact) mass is 170 g/mol. The van der Waals surface area contributed by atoms with Crippen molar-refractivity contribution in [3.05, 3.63) is 17.2 Å². The van der Waals surface area contributed by atoms with Crippen LogP contribution in [0.4, 0.5) is 4.39 Å². The second-order valence-corrected chi connectivity index (χ2v) is 2.62. The van der Waals surface area contributed by atoms with Crippen LogP contribution < -0.4 is 0 Å². The minimum atomic E-state index is -0.496. The third kappa shape index (κ3) is 1.24. The van der Waals surface area contributed by atoms with Crippen LogP contribution in [0.25, 0.3) is 0 Å². The average Bonchev–Trinajstić information content (AvgIpc) is 2.28. The van der Waals surface area contributed by atoms with E-state index in [2.05, 4.69) is 5.10 Å². The van der Waals surface area contributed by atoms with Crippen LogP contribution in [-0.2, 0) is 6.54 Å². The van der Waals surface area contributed by atoms with E-state index in [4.69, 9.17) is 0 Å². The lowest BCUT2D eigenvalue weighted by Crippen LogP contribution is -2.07. The third-order valence-electron chi connectivity index (χ3n) is 1.69. The van der Waals surface area contributed by atoms with E-state index in [1.807, 2.05) is 6.92 Å². The third-order valence-corrected chi connectivity index (χ3v) is 1.69. The van der Waals surface area contributed by atoms with Crippen LogP contribution in [0.1, 0.15) is 30.0 Å². The van der Waals surface area contributed by atoms with Gasteiger partial charge < -0.3 is 0 Å². The van der Waals surface area contributed by atoms with Crippen molar-refractivity contribution >= 4 is 5.78 Å². The number of carbonyl (C=O) groups excluding carboxylic acids is 1. The molecule has 4 heteroatoms. The van der Waals surface area contributed by atoms with Crippen LogP contribution in [0.15, 0.2) is 0 Å². The standard InChI is InChI=1S/C8H11FN2O/c1-4-11-8(6(3)12)7(9)5(2)10-11/h4H2,1-3H3. The van der Waals surface area contributed by atoms with Crippen molar-refractivity contribution in [2.75, 3.05) is 0 Å². The predicted molar refractivity (Wildman–Crippen MR) is 42.6 cm³/mol. The van der Waals surface area contributed by atoms with Crippen molar-refractivity contribution < 1.29 is 9.18 Å². The Morgan fingerprint density at radius 3 is 2.58 bits per heavy atom. The van der Waals surface area contributed by atoms with Gasteiger partial charge in [-0.2, -0.15) is 5.10 Å². The molecule has 0 aromatic carbocycles. The first kappa shape index (κ1) is 8.90. The molecule has 0 fully saturated rings. The SMILES string of the molecule is CCn1nc(C)c(F)c1C(C)=O. The lowest BCUT2D eigenvalue weighted by molar-refractivity contribution is 0.0999. The van der Waals surface area contributed by atoms with E-state index in [-0.39, 0.29) is 17.2 Å². The quantitative estimate of drug-likeness (QED) is 0.631. The van der Waals surface area contributed by atoms with E-state index in [1.54, 1.807) is 6.92 Å². The fourth-order valence-corrected chi connectivity index (χ4v) is 1.12. The first-order valence-corrected chi connectivity index (χ1v) is 3.81. The highest BCUT2D eigenvalue weighted by Gasteiger charge is 2.17. The molecule has 0 spiro atoms. The van der Waals surface area contributed by atoms with Gasteiger partial charge in [-0.3, -0.25) is 9.48 Å². The molecule has 1 aromatic rings. The number of Topliss-reactive ketones (excluding diaryl/α,β-unsaturated/α-hetero) is 1. The summed E-state index contributed by atoms with van der Waals surface area (Å²) in [6.45, 7) is 5.22. The Morgan fingerprint density at radius 1 is 1.67 bits per heavy atom. The first-order chi connectivity index (χ1) is 5.57. The van der Waals surface area contributed by atoms with Gasteiger partial charge in [-0.05, 0) is 13.8 Å². The fourth-order valence-electron chi connectivity index (χ4n) is 1.12. The molecule has 1 heterocycles. The maximum absolute atomic E-state index is 13.2. The summed E-state index contributed by atoms with van der Waals surface area (Å²) in [5, 5.41) is 3.87. The Bertz CT molecular complexity index is 317.